The van der Waals surface area contributed by atoms with Gasteiger partial charge in [0.2, 0.25) is 0 Å². The number of benzene rings is 2. The molecule has 0 aliphatic carbocycles. The lowest BCUT2D eigenvalue weighted by atomic mass is 10.1. The number of aromatic nitrogens is 1. The molecule has 0 bridgehead atoms. The molecule has 0 saturated carbocycles. The van der Waals surface area contributed by atoms with Gasteiger partial charge >= 0.3 is 0 Å². The number of fused-ring (bicyclic) bond motifs is 1. The van der Waals surface area contributed by atoms with Crippen molar-refractivity contribution in [3.8, 4) is 22.8 Å². The van der Waals surface area contributed by atoms with E-state index in [-0.39, 0.29) is 11.2 Å². The minimum absolute atomic E-state index is 0.0748. The number of methoxy groups -OCH3 is 1. The maximum Gasteiger partial charge on any atom is 0.190 e. The van der Waals surface area contributed by atoms with Crippen molar-refractivity contribution in [2.24, 2.45) is 0 Å². The summed E-state index contributed by atoms with van der Waals surface area (Å²) < 4.78 is 10.7. The summed E-state index contributed by atoms with van der Waals surface area (Å²) >= 11 is 0. The summed E-state index contributed by atoms with van der Waals surface area (Å²) in [5.41, 5.74) is 2.94. The van der Waals surface area contributed by atoms with Gasteiger partial charge in [-0.05, 0) is 36.4 Å². The van der Waals surface area contributed by atoms with Gasteiger partial charge in [-0.1, -0.05) is 0 Å². The van der Waals surface area contributed by atoms with Gasteiger partial charge in [0.05, 0.1) is 26.0 Å². The monoisotopic (exact) mass is 352 g/mol. The van der Waals surface area contributed by atoms with E-state index in [1.165, 1.54) is 0 Å². The summed E-state index contributed by atoms with van der Waals surface area (Å²) in [4.78, 5) is 18.2. The van der Waals surface area contributed by atoms with Crippen LogP contribution in [0.15, 0.2) is 47.3 Å². The number of rotatable bonds is 3. The predicted octanol–water partition coefficient (Wildman–Crippen LogP) is 2.75. The van der Waals surface area contributed by atoms with Crippen molar-refractivity contribution in [2.45, 2.75) is 0 Å². The van der Waals surface area contributed by atoms with Gasteiger partial charge in [0.1, 0.15) is 11.5 Å². The summed E-state index contributed by atoms with van der Waals surface area (Å²) in [6, 6.07) is 12.2. The second-order valence-corrected chi connectivity index (χ2v) is 6.26. The van der Waals surface area contributed by atoms with Crippen LogP contribution in [0, 0.1) is 0 Å². The second kappa shape index (κ2) is 6.72. The highest BCUT2D eigenvalue weighted by molar-refractivity contribution is 5.85. The van der Waals surface area contributed by atoms with Crippen molar-refractivity contribution >= 4 is 16.6 Å². The Hall–Kier alpha value is -2.99. The van der Waals surface area contributed by atoms with E-state index in [0.29, 0.717) is 35.6 Å². The van der Waals surface area contributed by atoms with Gasteiger partial charge in [-0.15, -0.1) is 0 Å². The molecule has 2 heterocycles. The van der Waals surface area contributed by atoms with E-state index in [1.54, 1.807) is 31.4 Å². The Morgan fingerprint density at radius 3 is 2.69 bits per heavy atom. The molecule has 1 fully saturated rings. The standard InChI is InChI=1S/C20H20N2O4/c1-25-20-5-3-14(23)11-16(20)18-12-19(24)15-10-13(2-4-17(15)21-18)22-6-8-26-9-7-22/h2-5,10-12,23H,6-9H2,1H3,(H,21,24). The molecule has 2 aromatic carbocycles. The van der Waals surface area contributed by atoms with Crippen LogP contribution in [0.2, 0.25) is 0 Å². The number of pyridine rings is 1. The first-order valence-electron chi connectivity index (χ1n) is 8.53. The van der Waals surface area contributed by atoms with Crippen LogP contribution in [0.3, 0.4) is 0 Å². The molecule has 1 aliphatic heterocycles. The highest BCUT2D eigenvalue weighted by Gasteiger charge is 2.14. The molecule has 6 nitrogen and oxygen atoms in total. The average molecular weight is 352 g/mol. The van der Waals surface area contributed by atoms with Crippen molar-refractivity contribution < 1.29 is 14.6 Å². The molecule has 2 N–H and O–H groups in total. The number of aromatic hydroxyl groups is 1. The average Bonchev–Trinajstić information content (AvgIpc) is 2.68. The van der Waals surface area contributed by atoms with Crippen molar-refractivity contribution in [1.29, 1.82) is 0 Å². The van der Waals surface area contributed by atoms with Gasteiger partial charge in [0.25, 0.3) is 0 Å². The van der Waals surface area contributed by atoms with Crippen molar-refractivity contribution in [3.63, 3.8) is 0 Å². The molecule has 3 aromatic rings. The molecule has 0 unspecified atom stereocenters. The van der Waals surface area contributed by atoms with Crippen LogP contribution in [-0.4, -0.2) is 43.5 Å². The number of H-pyrrole nitrogens is 1. The summed E-state index contributed by atoms with van der Waals surface area (Å²) in [6.45, 7) is 3.04. The van der Waals surface area contributed by atoms with E-state index < -0.39 is 0 Å². The van der Waals surface area contributed by atoms with Crippen LogP contribution in [0.4, 0.5) is 5.69 Å². The number of phenolic OH excluding ortho intramolecular Hbond substituents is 1. The molecule has 26 heavy (non-hydrogen) atoms. The first kappa shape index (κ1) is 16.5. The van der Waals surface area contributed by atoms with Crippen LogP contribution < -0.4 is 15.1 Å². The number of ether oxygens (including phenoxy) is 2. The van der Waals surface area contributed by atoms with Crippen LogP contribution in [0.25, 0.3) is 22.2 Å². The fourth-order valence-electron chi connectivity index (χ4n) is 3.30. The molecule has 4 rings (SSSR count). The maximum absolute atomic E-state index is 12.7. The normalized spacial score (nSPS) is 14.6. The summed E-state index contributed by atoms with van der Waals surface area (Å²) in [5, 5.41) is 10.4. The Bertz CT molecular complexity index is 1010. The largest absolute Gasteiger partial charge is 0.508 e. The fourth-order valence-corrected chi connectivity index (χ4v) is 3.30. The number of anilines is 1. The van der Waals surface area contributed by atoms with Crippen LogP contribution in [-0.2, 0) is 4.74 Å². The van der Waals surface area contributed by atoms with E-state index >= 15 is 0 Å². The smallest absolute Gasteiger partial charge is 0.190 e. The Morgan fingerprint density at radius 1 is 1.12 bits per heavy atom. The third-order valence-corrected chi connectivity index (χ3v) is 4.66. The number of hydrogen-bond acceptors (Lipinski definition) is 5. The SMILES string of the molecule is COc1ccc(O)cc1-c1cc(=O)c2cc(N3CCOCC3)ccc2[nH]1. The van der Waals surface area contributed by atoms with Gasteiger partial charge in [0.15, 0.2) is 5.43 Å². The van der Waals surface area contributed by atoms with Crippen molar-refractivity contribution in [2.75, 3.05) is 38.3 Å². The first-order chi connectivity index (χ1) is 12.7. The quantitative estimate of drug-likeness (QED) is 0.758. The van der Waals surface area contributed by atoms with Gasteiger partial charge < -0.3 is 24.5 Å². The van der Waals surface area contributed by atoms with Crippen molar-refractivity contribution in [1.82, 2.24) is 4.98 Å². The molecule has 1 aromatic heterocycles. The molecule has 0 spiro atoms. The van der Waals surface area contributed by atoms with E-state index in [0.717, 1.165) is 24.3 Å². The summed E-state index contributed by atoms with van der Waals surface area (Å²) in [5.74, 6) is 0.701. The Kier molecular flexibility index (Phi) is 4.26. The van der Waals surface area contributed by atoms with Crippen LogP contribution in [0.1, 0.15) is 0 Å². The number of nitrogens with one attached hydrogen (secondary N) is 1. The Balaban J connectivity index is 1.80. The zero-order valence-corrected chi connectivity index (χ0v) is 14.5. The highest BCUT2D eigenvalue weighted by atomic mass is 16.5. The number of nitrogens with zero attached hydrogens (tertiary/aromatic N) is 1. The highest BCUT2D eigenvalue weighted by Crippen LogP contribution is 2.32. The molecule has 0 atom stereocenters. The number of phenols is 1. The Labute approximate surface area is 150 Å². The van der Waals surface area contributed by atoms with E-state index in [1.807, 2.05) is 18.2 Å². The molecule has 0 radical (unpaired) electrons. The maximum atomic E-state index is 12.7. The van der Waals surface area contributed by atoms with E-state index in [9.17, 15) is 9.90 Å². The first-order valence-corrected chi connectivity index (χ1v) is 8.53. The lowest BCUT2D eigenvalue weighted by Crippen LogP contribution is -2.36. The number of morpholine rings is 1. The summed E-state index contributed by atoms with van der Waals surface area (Å²) in [6.07, 6.45) is 0. The fraction of sp³-hybridized carbons (Fsp3) is 0.250. The lowest BCUT2D eigenvalue weighted by molar-refractivity contribution is 0.122. The molecule has 134 valence electrons. The molecule has 6 heteroatoms. The van der Waals surface area contributed by atoms with Gasteiger partial charge in [0, 0.05) is 41.3 Å². The van der Waals surface area contributed by atoms with E-state index in [4.69, 9.17) is 9.47 Å². The summed E-state index contributed by atoms with van der Waals surface area (Å²) in [7, 11) is 1.56. The van der Waals surface area contributed by atoms with Crippen LogP contribution in [0.5, 0.6) is 11.5 Å². The predicted molar refractivity (Wildman–Crippen MR) is 101 cm³/mol. The zero-order valence-electron chi connectivity index (χ0n) is 14.5. The molecule has 1 saturated heterocycles. The third-order valence-electron chi connectivity index (χ3n) is 4.66. The zero-order chi connectivity index (χ0) is 18.1. The third kappa shape index (κ3) is 2.99. The molecule has 1 aliphatic rings. The number of hydrogen-bond donors (Lipinski definition) is 2. The topological polar surface area (TPSA) is 74.8 Å². The van der Waals surface area contributed by atoms with Crippen LogP contribution >= 0.6 is 0 Å². The molecular formula is C20H20N2O4. The van der Waals surface area contributed by atoms with Gasteiger partial charge in [-0.3, -0.25) is 4.79 Å². The minimum atomic E-state index is -0.0748. The van der Waals surface area contributed by atoms with E-state index in [2.05, 4.69) is 9.88 Å². The molecule has 0 amide bonds. The lowest BCUT2D eigenvalue weighted by Gasteiger charge is -2.29. The second-order valence-electron chi connectivity index (χ2n) is 6.26. The van der Waals surface area contributed by atoms with Gasteiger partial charge in [-0.25, -0.2) is 0 Å². The van der Waals surface area contributed by atoms with Gasteiger partial charge in [-0.2, -0.15) is 0 Å². The Morgan fingerprint density at radius 2 is 1.92 bits per heavy atom. The van der Waals surface area contributed by atoms with Crippen molar-refractivity contribution in [3.05, 3.63) is 52.7 Å². The number of aromatic amines is 1. The molecular weight excluding hydrogens is 332 g/mol. The minimum Gasteiger partial charge on any atom is -0.508 e.